The highest BCUT2D eigenvalue weighted by molar-refractivity contribution is 6.31. The van der Waals surface area contributed by atoms with Gasteiger partial charge in [0.25, 0.3) is 0 Å². The van der Waals surface area contributed by atoms with Gasteiger partial charge in [0.1, 0.15) is 5.41 Å². The van der Waals surface area contributed by atoms with Gasteiger partial charge < -0.3 is 10.6 Å². The van der Waals surface area contributed by atoms with Gasteiger partial charge in [-0.05, 0) is 49.7 Å². The van der Waals surface area contributed by atoms with E-state index in [1.807, 2.05) is 0 Å². The number of hydrogen-bond acceptors (Lipinski definition) is 3. The van der Waals surface area contributed by atoms with E-state index in [1.54, 1.807) is 24.5 Å². The van der Waals surface area contributed by atoms with Crippen LogP contribution < -0.4 is 10.6 Å². The first kappa shape index (κ1) is 20.7. The minimum absolute atomic E-state index is 0.105. The highest BCUT2D eigenvalue weighted by atomic mass is 35.5. The van der Waals surface area contributed by atoms with Crippen molar-refractivity contribution < 1.29 is 22.8 Å². The molecule has 2 N–H and O–H groups in total. The molecule has 0 fully saturated rings. The minimum Gasteiger partial charge on any atom is -0.351 e. The molecule has 0 saturated carbocycles. The van der Waals surface area contributed by atoms with Crippen LogP contribution in [0.1, 0.15) is 25.0 Å². The summed E-state index contributed by atoms with van der Waals surface area (Å²) < 4.78 is 38.8. The number of halogens is 4. The Hall–Kier alpha value is -2.61. The smallest absolute Gasteiger partial charge is 0.351 e. The molecule has 0 unspecified atom stereocenters. The van der Waals surface area contributed by atoms with Crippen LogP contribution in [0.4, 0.5) is 18.9 Å². The first-order valence-corrected chi connectivity index (χ1v) is 8.25. The zero-order valence-corrected chi connectivity index (χ0v) is 15.3. The molecule has 0 aliphatic carbocycles. The summed E-state index contributed by atoms with van der Waals surface area (Å²) in [4.78, 5) is 28.7. The quantitative estimate of drug-likeness (QED) is 0.745. The van der Waals surface area contributed by atoms with Gasteiger partial charge in [-0.3, -0.25) is 14.6 Å². The molecule has 144 valence electrons. The van der Waals surface area contributed by atoms with Crippen LogP contribution in [0.2, 0.25) is 5.02 Å². The summed E-state index contributed by atoms with van der Waals surface area (Å²) in [5.41, 5.74) is -1.89. The Morgan fingerprint density at radius 2 is 1.70 bits per heavy atom. The van der Waals surface area contributed by atoms with Gasteiger partial charge in [-0.25, -0.2) is 0 Å². The molecule has 0 aliphatic rings. The second kappa shape index (κ2) is 7.96. The summed E-state index contributed by atoms with van der Waals surface area (Å²) in [5.74, 6) is -1.31. The maximum atomic E-state index is 12.9. The summed E-state index contributed by atoms with van der Waals surface area (Å²) in [5, 5.41) is 4.48. The van der Waals surface area contributed by atoms with Gasteiger partial charge in [0.15, 0.2) is 0 Å². The largest absolute Gasteiger partial charge is 0.417 e. The lowest BCUT2D eigenvalue weighted by Crippen LogP contribution is -2.44. The average Bonchev–Trinajstić information content (AvgIpc) is 2.61. The van der Waals surface area contributed by atoms with Gasteiger partial charge in [-0.1, -0.05) is 11.6 Å². The molecule has 0 saturated heterocycles. The molecular formula is C18H17ClF3N3O2. The molecule has 0 spiro atoms. The predicted molar refractivity (Wildman–Crippen MR) is 94.9 cm³/mol. The molecule has 0 bridgehead atoms. The van der Waals surface area contributed by atoms with E-state index in [0.29, 0.717) is 0 Å². The van der Waals surface area contributed by atoms with E-state index in [2.05, 4.69) is 15.6 Å². The van der Waals surface area contributed by atoms with Crippen LogP contribution in [0.25, 0.3) is 0 Å². The van der Waals surface area contributed by atoms with Gasteiger partial charge in [0, 0.05) is 24.6 Å². The fraction of sp³-hybridized carbons (Fsp3) is 0.278. The minimum atomic E-state index is -4.66. The third-order valence-corrected chi connectivity index (χ3v) is 4.20. The fourth-order valence-electron chi connectivity index (χ4n) is 2.11. The molecular weight excluding hydrogens is 383 g/mol. The number of nitrogens with zero attached hydrogens (tertiary/aromatic N) is 1. The van der Waals surface area contributed by atoms with E-state index < -0.39 is 34.0 Å². The number of carbonyl (C=O) groups excluding carboxylic acids is 2. The van der Waals surface area contributed by atoms with Gasteiger partial charge in [0.05, 0.1) is 10.6 Å². The highest BCUT2D eigenvalue weighted by Crippen LogP contribution is 2.36. The second-order valence-corrected chi connectivity index (χ2v) is 6.72. The SMILES string of the molecule is CC(C)(C(=O)NCc1ccncc1)C(=O)Nc1ccc(Cl)c(C(F)(F)F)c1. The maximum absolute atomic E-state index is 12.9. The third kappa shape index (κ3) is 5.19. The lowest BCUT2D eigenvalue weighted by atomic mass is 9.90. The Morgan fingerprint density at radius 3 is 2.30 bits per heavy atom. The lowest BCUT2D eigenvalue weighted by molar-refractivity contribution is -0.139. The number of benzene rings is 1. The molecule has 1 aromatic heterocycles. The number of hydrogen-bond donors (Lipinski definition) is 2. The second-order valence-electron chi connectivity index (χ2n) is 6.31. The molecule has 2 aromatic rings. The van der Waals surface area contributed by atoms with Crippen LogP contribution in [-0.4, -0.2) is 16.8 Å². The van der Waals surface area contributed by atoms with Crippen LogP contribution in [0.3, 0.4) is 0 Å². The summed E-state index contributed by atoms with van der Waals surface area (Å²) in [7, 11) is 0. The zero-order chi connectivity index (χ0) is 20.2. The van der Waals surface area contributed by atoms with E-state index in [-0.39, 0.29) is 12.2 Å². The van der Waals surface area contributed by atoms with Crippen molar-refractivity contribution in [2.24, 2.45) is 5.41 Å². The van der Waals surface area contributed by atoms with Gasteiger partial charge in [0.2, 0.25) is 11.8 Å². The molecule has 0 atom stereocenters. The van der Waals surface area contributed by atoms with Crippen LogP contribution in [0.5, 0.6) is 0 Å². The molecule has 9 heteroatoms. The zero-order valence-electron chi connectivity index (χ0n) is 14.5. The van der Waals surface area contributed by atoms with Crippen LogP contribution in [0.15, 0.2) is 42.7 Å². The van der Waals surface area contributed by atoms with E-state index in [1.165, 1.54) is 19.9 Å². The number of amides is 2. The number of carbonyl (C=O) groups is 2. The molecule has 0 radical (unpaired) electrons. The number of nitrogens with one attached hydrogen (secondary N) is 2. The van der Waals surface area contributed by atoms with Crippen molar-refractivity contribution in [3.63, 3.8) is 0 Å². The molecule has 2 amide bonds. The van der Waals surface area contributed by atoms with Gasteiger partial charge in [-0.15, -0.1) is 0 Å². The number of aromatic nitrogens is 1. The van der Waals surface area contributed by atoms with Crippen LogP contribution in [-0.2, 0) is 22.3 Å². The third-order valence-electron chi connectivity index (χ3n) is 3.87. The molecule has 1 heterocycles. The van der Waals surface area contributed by atoms with Gasteiger partial charge in [-0.2, -0.15) is 13.2 Å². The van der Waals surface area contributed by atoms with E-state index in [4.69, 9.17) is 11.6 Å². The van der Waals surface area contributed by atoms with Crippen molar-refractivity contribution in [2.75, 3.05) is 5.32 Å². The molecule has 2 rings (SSSR count). The number of alkyl halides is 3. The molecule has 1 aromatic carbocycles. The lowest BCUT2D eigenvalue weighted by Gasteiger charge is -2.23. The summed E-state index contributed by atoms with van der Waals surface area (Å²) in [6.07, 6.45) is -1.52. The Kier molecular flexibility index (Phi) is 6.10. The van der Waals surface area contributed by atoms with Crippen LogP contribution in [0, 0.1) is 5.41 Å². The van der Waals surface area contributed by atoms with Crippen molar-refractivity contribution >= 4 is 29.1 Å². The van der Waals surface area contributed by atoms with Crippen LogP contribution >= 0.6 is 11.6 Å². The Balaban J connectivity index is 2.08. The molecule has 5 nitrogen and oxygen atoms in total. The Labute approximate surface area is 158 Å². The Morgan fingerprint density at radius 1 is 1.07 bits per heavy atom. The first-order chi connectivity index (χ1) is 12.5. The Bertz CT molecular complexity index is 839. The predicted octanol–water partition coefficient (Wildman–Crippen LogP) is 4.03. The number of anilines is 1. The number of rotatable bonds is 5. The standard InChI is InChI=1S/C18H17ClF3N3O2/c1-17(2,15(26)24-10-11-5-7-23-8-6-11)16(27)25-12-3-4-14(19)13(9-12)18(20,21)22/h3-9H,10H2,1-2H3,(H,24,26)(H,25,27). The van der Waals surface area contributed by atoms with E-state index in [9.17, 15) is 22.8 Å². The monoisotopic (exact) mass is 399 g/mol. The van der Waals surface area contributed by atoms with Gasteiger partial charge >= 0.3 is 6.18 Å². The molecule has 0 aliphatic heterocycles. The summed E-state index contributed by atoms with van der Waals surface area (Å²) >= 11 is 5.56. The topological polar surface area (TPSA) is 71.1 Å². The van der Waals surface area contributed by atoms with Crippen molar-refractivity contribution in [2.45, 2.75) is 26.6 Å². The van der Waals surface area contributed by atoms with Crippen molar-refractivity contribution in [1.29, 1.82) is 0 Å². The van der Waals surface area contributed by atoms with E-state index in [0.717, 1.165) is 17.7 Å². The highest BCUT2D eigenvalue weighted by Gasteiger charge is 2.37. The number of pyridine rings is 1. The van der Waals surface area contributed by atoms with Crippen molar-refractivity contribution in [3.05, 3.63) is 58.9 Å². The van der Waals surface area contributed by atoms with Crippen molar-refractivity contribution in [3.8, 4) is 0 Å². The van der Waals surface area contributed by atoms with Crippen molar-refractivity contribution in [1.82, 2.24) is 10.3 Å². The maximum Gasteiger partial charge on any atom is 0.417 e. The normalized spacial score (nSPS) is 11.8. The van der Waals surface area contributed by atoms with E-state index >= 15 is 0 Å². The summed E-state index contributed by atoms with van der Waals surface area (Å²) in [6, 6.07) is 6.42. The average molecular weight is 400 g/mol. The summed E-state index contributed by atoms with van der Waals surface area (Å²) in [6.45, 7) is 2.95. The first-order valence-electron chi connectivity index (χ1n) is 7.87. The molecule has 27 heavy (non-hydrogen) atoms. The fourth-order valence-corrected chi connectivity index (χ4v) is 2.34.